The zero-order chi connectivity index (χ0) is 13.8. The van der Waals surface area contributed by atoms with E-state index in [2.05, 4.69) is 18.0 Å². The summed E-state index contributed by atoms with van der Waals surface area (Å²) in [5, 5.41) is 3.38. The van der Waals surface area contributed by atoms with Crippen molar-refractivity contribution >= 4 is 23.2 Å². The Bertz CT molecular complexity index is 584. The molecule has 0 radical (unpaired) electrons. The fourth-order valence-corrected chi connectivity index (χ4v) is 2.94. The number of ketones is 1. The monoisotopic (exact) mass is 271 g/mol. The Hall–Kier alpha value is -1.74. The summed E-state index contributed by atoms with van der Waals surface area (Å²) in [5.74, 6) is 0.974. The topological polar surface area (TPSA) is 29.1 Å². The molecular weight excluding hydrogens is 254 g/mol. The maximum Gasteiger partial charge on any atom is 0.159 e. The van der Waals surface area contributed by atoms with Crippen molar-refractivity contribution in [2.45, 2.75) is 18.7 Å². The first-order chi connectivity index (χ1) is 9.15. The predicted molar refractivity (Wildman–Crippen MR) is 82.8 cm³/mol. The highest BCUT2D eigenvalue weighted by atomic mass is 32.2. The molecule has 1 aromatic rings. The number of rotatable bonds is 3. The van der Waals surface area contributed by atoms with Crippen LogP contribution in [0.1, 0.15) is 24.2 Å². The second-order valence-corrected chi connectivity index (χ2v) is 5.34. The molecule has 1 aromatic carbocycles. The van der Waals surface area contributed by atoms with Crippen molar-refractivity contribution in [3.05, 3.63) is 59.8 Å². The Kier molecular flexibility index (Phi) is 4.27. The maximum absolute atomic E-state index is 11.5. The summed E-state index contributed by atoms with van der Waals surface area (Å²) in [6.07, 6.45) is 5.94. The number of Topliss-reactive ketones (excluding diaryl/α,β-unsaturated/α-hetero) is 1. The standard InChI is InChI=1S/C16H17NOS/c1-4-6-13-10-19-16-8-7-12(11(3)18)9-15(16)17-14(13)5-2/h4-9,17H,2,10H2,1,3H3/b6-4-. The molecule has 98 valence electrons. The third kappa shape index (κ3) is 2.99. The van der Waals surface area contributed by atoms with E-state index < -0.39 is 0 Å². The number of carbonyl (C=O) groups excluding carboxylic acids is 1. The number of hydrogen-bond acceptors (Lipinski definition) is 3. The Morgan fingerprint density at radius 2 is 2.26 bits per heavy atom. The van der Waals surface area contributed by atoms with Crippen molar-refractivity contribution in [3.8, 4) is 0 Å². The zero-order valence-corrected chi connectivity index (χ0v) is 12.0. The second kappa shape index (κ2) is 5.93. The van der Waals surface area contributed by atoms with Crippen LogP contribution in [0.3, 0.4) is 0 Å². The maximum atomic E-state index is 11.5. The number of benzene rings is 1. The summed E-state index contributed by atoms with van der Waals surface area (Å²) in [4.78, 5) is 12.6. The molecule has 0 saturated heterocycles. The summed E-state index contributed by atoms with van der Waals surface area (Å²) in [6.45, 7) is 7.45. The molecule has 2 rings (SSSR count). The summed E-state index contributed by atoms with van der Waals surface area (Å²) < 4.78 is 0. The van der Waals surface area contributed by atoms with E-state index in [4.69, 9.17) is 0 Å². The average molecular weight is 271 g/mol. The van der Waals surface area contributed by atoms with Crippen LogP contribution in [0.15, 0.2) is 59.2 Å². The van der Waals surface area contributed by atoms with Crippen molar-refractivity contribution in [2.24, 2.45) is 0 Å². The van der Waals surface area contributed by atoms with Crippen molar-refractivity contribution in [1.29, 1.82) is 0 Å². The van der Waals surface area contributed by atoms with E-state index in [1.165, 1.54) is 5.57 Å². The number of allylic oxidation sites excluding steroid dienone is 3. The number of anilines is 1. The molecule has 1 N–H and O–H groups in total. The van der Waals surface area contributed by atoms with E-state index in [1.54, 1.807) is 18.7 Å². The van der Waals surface area contributed by atoms with Gasteiger partial charge in [0, 0.05) is 21.9 Å². The van der Waals surface area contributed by atoms with E-state index in [0.29, 0.717) is 0 Å². The van der Waals surface area contributed by atoms with Gasteiger partial charge < -0.3 is 5.32 Å². The molecule has 3 heteroatoms. The predicted octanol–water partition coefficient (Wildman–Crippen LogP) is 4.42. The van der Waals surface area contributed by atoms with Crippen LogP contribution < -0.4 is 5.32 Å². The van der Waals surface area contributed by atoms with Gasteiger partial charge in [-0.15, -0.1) is 11.8 Å². The van der Waals surface area contributed by atoms with Crippen molar-refractivity contribution in [3.63, 3.8) is 0 Å². The average Bonchev–Trinajstić information content (AvgIpc) is 2.58. The molecule has 0 amide bonds. The number of fused-ring (bicyclic) bond motifs is 1. The van der Waals surface area contributed by atoms with Crippen LogP contribution in [0.5, 0.6) is 0 Å². The van der Waals surface area contributed by atoms with Crippen molar-refractivity contribution in [2.75, 3.05) is 11.1 Å². The lowest BCUT2D eigenvalue weighted by molar-refractivity contribution is 0.101. The van der Waals surface area contributed by atoms with Crippen LogP contribution in [-0.4, -0.2) is 11.5 Å². The zero-order valence-electron chi connectivity index (χ0n) is 11.2. The molecule has 0 bridgehead atoms. The van der Waals surface area contributed by atoms with E-state index in [9.17, 15) is 4.79 Å². The lowest BCUT2D eigenvalue weighted by Crippen LogP contribution is -2.01. The van der Waals surface area contributed by atoms with E-state index in [0.717, 1.165) is 27.6 Å². The third-order valence-corrected chi connectivity index (χ3v) is 4.08. The molecule has 1 aliphatic heterocycles. The minimum Gasteiger partial charge on any atom is -0.354 e. The highest BCUT2D eigenvalue weighted by Gasteiger charge is 2.14. The van der Waals surface area contributed by atoms with Gasteiger partial charge in [0.05, 0.1) is 5.69 Å². The minimum atomic E-state index is 0.0802. The highest BCUT2D eigenvalue weighted by Crippen LogP contribution is 2.35. The van der Waals surface area contributed by atoms with Crippen molar-refractivity contribution < 1.29 is 4.79 Å². The van der Waals surface area contributed by atoms with Gasteiger partial charge in [0.2, 0.25) is 0 Å². The lowest BCUT2D eigenvalue weighted by Gasteiger charge is -2.10. The van der Waals surface area contributed by atoms with Crippen LogP contribution in [0, 0.1) is 0 Å². The van der Waals surface area contributed by atoms with Gasteiger partial charge in [0.1, 0.15) is 0 Å². The first-order valence-electron chi connectivity index (χ1n) is 6.18. The summed E-state index contributed by atoms with van der Waals surface area (Å²) in [6, 6.07) is 5.79. The first-order valence-corrected chi connectivity index (χ1v) is 7.17. The fourth-order valence-electron chi connectivity index (χ4n) is 1.95. The molecule has 19 heavy (non-hydrogen) atoms. The van der Waals surface area contributed by atoms with Crippen molar-refractivity contribution in [1.82, 2.24) is 0 Å². The first kappa shape index (κ1) is 13.7. The van der Waals surface area contributed by atoms with Gasteiger partial charge in [-0.1, -0.05) is 24.8 Å². The van der Waals surface area contributed by atoms with Crippen LogP contribution in [0.2, 0.25) is 0 Å². The lowest BCUT2D eigenvalue weighted by atomic mass is 10.1. The SMILES string of the molecule is C=CC1=C(/C=C\C)CSc2ccc(C(C)=O)cc2N1. The van der Waals surface area contributed by atoms with Gasteiger partial charge >= 0.3 is 0 Å². The van der Waals surface area contributed by atoms with Gasteiger partial charge in [0.25, 0.3) is 0 Å². The summed E-state index contributed by atoms with van der Waals surface area (Å²) >= 11 is 1.77. The molecule has 0 spiro atoms. The highest BCUT2D eigenvalue weighted by molar-refractivity contribution is 7.99. The number of carbonyl (C=O) groups is 1. The quantitative estimate of drug-likeness (QED) is 0.825. The Labute approximate surface area is 118 Å². The van der Waals surface area contributed by atoms with Gasteiger partial charge in [0.15, 0.2) is 5.78 Å². The van der Waals surface area contributed by atoms with E-state index in [1.807, 2.05) is 37.3 Å². The Morgan fingerprint density at radius 1 is 1.47 bits per heavy atom. The molecule has 0 aliphatic carbocycles. The smallest absolute Gasteiger partial charge is 0.159 e. The minimum absolute atomic E-state index is 0.0802. The van der Waals surface area contributed by atoms with Gasteiger partial charge in [-0.2, -0.15) is 0 Å². The van der Waals surface area contributed by atoms with Gasteiger partial charge in [-0.25, -0.2) is 0 Å². The van der Waals surface area contributed by atoms with E-state index >= 15 is 0 Å². The van der Waals surface area contributed by atoms with Gasteiger partial charge in [-0.3, -0.25) is 4.79 Å². The number of hydrogen-bond donors (Lipinski definition) is 1. The number of thioether (sulfide) groups is 1. The third-order valence-electron chi connectivity index (χ3n) is 2.96. The van der Waals surface area contributed by atoms with Crippen LogP contribution in [0.4, 0.5) is 5.69 Å². The Morgan fingerprint density at radius 3 is 2.89 bits per heavy atom. The molecule has 2 nitrogen and oxygen atoms in total. The van der Waals surface area contributed by atoms with Crippen LogP contribution in [-0.2, 0) is 0 Å². The van der Waals surface area contributed by atoms with Gasteiger partial charge in [-0.05, 0) is 37.6 Å². The second-order valence-electron chi connectivity index (χ2n) is 4.32. The van der Waals surface area contributed by atoms with Crippen LogP contribution >= 0.6 is 11.8 Å². The molecule has 0 fully saturated rings. The molecule has 1 aliphatic rings. The van der Waals surface area contributed by atoms with Crippen LogP contribution in [0.25, 0.3) is 0 Å². The summed E-state index contributed by atoms with van der Waals surface area (Å²) in [5.41, 5.74) is 3.92. The number of nitrogens with one attached hydrogen (secondary N) is 1. The summed E-state index contributed by atoms with van der Waals surface area (Å²) in [7, 11) is 0. The molecule has 1 heterocycles. The molecular formula is C16H17NOS. The Balaban J connectivity index is 2.44. The molecule has 0 unspecified atom stereocenters. The normalized spacial score (nSPS) is 14.8. The fraction of sp³-hybridized carbons (Fsp3) is 0.188. The largest absolute Gasteiger partial charge is 0.354 e. The molecule has 0 saturated carbocycles. The molecule has 0 atom stereocenters. The van der Waals surface area contributed by atoms with E-state index in [-0.39, 0.29) is 5.78 Å². The molecule has 0 aromatic heterocycles.